The first kappa shape index (κ1) is 12.0. The number of hydrogen-bond acceptors (Lipinski definition) is 2. The highest BCUT2D eigenvalue weighted by molar-refractivity contribution is 6.29. The van der Waals surface area contributed by atoms with E-state index in [0.717, 1.165) is 24.0 Å². The topological polar surface area (TPSA) is 15.3 Å². The van der Waals surface area contributed by atoms with Gasteiger partial charge in [-0.05, 0) is 38.4 Å². The van der Waals surface area contributed by atoms with Crippen LogP contribution in [-0.4, -0.2) is 37.6 Å². The SMILES string of the molecule is C=C(Cl)CN(CC)CC1CCNCC1. The van der Waals surface area contributed by atoms with Gasteiger partial charge < -0.3 is 5.32 Å². The first-order valence-corrected chi connectivity index (χ1v) is 5.86. The molecule has 0 spiro atoms. The quantitative estimate of drug-likeness (QED) is 0.757. The fourth-order valence-corrected chi connectivity index (χ4v) is 2.15. The van der Waals surface area contributed by atoms with Gasteiger partial charge in [0.1, 0.15) is 0 Å². The zero-order chi connectivity index (χ0) is 10.4. The van der Waals surface area contributed by atoms with E-state index in [1.807, 2.05) is 0 Å². The van der Waals surface area contributed by atoms with Crippen LogP contribution in [-0.2, 0) is 0 Å². The van der Waals surface area contributed by atoms with Crippen LogP contribution in [0.4, 0.5) is 0 Å². The Morgan fingerprint density at radius 1 is 1.50 bits per heavy atom. The molecule has 0 aromatic rings. The van der Waals surface area contributed by atoms with E-state index in [1.165, 1.54) is 32.5 Å². The Kier molecular flexibility index (Phi) is 5.53. The van der Waals surface area contributed by atoms with Crippen LogP contribution in [0.25, 0.3) is 0 Å². The smallest absolute Gasteiger partial charge is 0.0335 e. The Bertz CT molecular complexity index is 176. The molecular formula is C11H21ClN2. The molecule has 0 amide bonds. The largest absolute Gasteiger partial charge is 0.317 e. The number of hydrogen-bond donors (Lipinski definition) is 1. The van der Waals surface area contributed by atoms with E-state index in [9.17, 15) is 0 Å². The van der Waals surface area contributed by atoms with Crippen LogP contribution in [0.5, 0.6) is 0 Å². The number of rotatable bonds is 5. The minimum absolute atomic E-state index is 0.751. The standard InChI is InChI=1S/C11H21ClN2/c1-3-14(8-10(2)12)9-11-4-6-13-7-5-11/h11,13H,2-9H2,1H3. The summed E-state index contributed by atoms with van der Waals surface area (Å²) in [5.41, 5.74) is 0. The lowest BCUT2D eigenvalue weighted by atomic mass is 9.97. The lowest BCUT2D eigenvalue weighted by Crippen LogP contribution is -2.36. The number of likely N-dealkylation sites (N-methyl/N-ethyl adjacent to an activating group) is 1. The molecule has 1 aliphatic heterocycles. The molecule has 0 aromatic heterocycles. The fraction of sp³-hybridized carbons (Fsp3) is 0.818. The van der Waals surface area contributed by atoms with Crippen molar-refractivity contribution in [3.8, 4) is 0 Å². The molecule has 0 aromatic carbocycles. The average molecular weight is 217 g/mol. The predicted molar refractivity (Wildman–Crippen MR) is 62.7 cm³/mol. The van der Waals surface area contributed by atoms with E-state index in [0.29, 0.717) is 0 Å². The van der Waals surface area contributed by atoms with Crippen molar-refractivity contribution in [2.45, 2.75) is 19.8 Å². The van der Waals surface area contributed by atoms with Crippen molar-refractivity contribution in [3.63, 3.8) is 0 Å². The molecule has 0 aliphatic carbocycles. The molecule has 1 heterocycles. The van der Waals surface area contributed by atoms with Crippen LogP contribution in [0.2, 0.25) is 0 Å². The van der Waals surface area contributed by atoms with Gasteiger partial charge in [-0.1, -0.05) is 25.1 Å². The summed E-state index contributed by atoms with van der Waals surface area (Å²) in [6.45, 7) is 11.3. The first-order valence-electron chi connectivity index (χ1n) is 5.48. The average Bonchev–Trinajstić information content (AvgIpc) is 2.17. The van der Waals surface area contributed by atoms with E-state index in [2.05, 4.69) is 23.7 Å². The lowest BCUT2D eigenvalue weighted by Gasteiger charge is -2.29. The molecule has 0 unspecified atom stereocenters. The molecular weight excluding hydrogens is 196 g/mol. The zero-order valence-corrected chi connectivity index (χ0v) is 9.82. The zero-order valence-electron chi connectivity index (χ0n) is 9.06. The molecule has 3 heteroatoms. The third kappa shape index (κ3) is 4.45. The van der Waals surface area contributed by atoms with Crippen molar-refractivity contribution in [2.75, 3.05) is 32.7 Å². The maximum Gasteiger partial charge on any atom is 0.0335 e. The van der Waals surface area contributed by atoms with Gasteiger partial charge in [-0.3, -0.25) is 4.90 Å². The highest BCUT2D eigenvalue weighted by Crippen LogP contribution is 2.14. The Morgan fingerprint density at radius 2 is 2.14 bits per heavy atom. The molecule has 0 radical (unpaired) electrons. The van der Waals surface area contributed by atoms with Gasteiger partial charge >= 0.3 is 0 Å². The highest BCUT2D eigenvalue weighted by Gasteiger charge is 2.16. The lowest BCUT2D eigenvalue weighted by molar-refractivity contribution is 0.229. The summed E-state index contributed by atoms with van der Waals surface area (Å²) in [7, 11) is 0. The van der Waals surface area contributed by atoms with Gasteiger partial charge in [-0.25, -0.2) is 0 Å². The van der Waals surface area contributed by atoms with Gasteiger partial charge in [-0.15, -0.1) is 0 Å². The number of nitrogens with one attached hydrogen (secondary N) is 1. The highest BCUT2D eigenvalue weighted by atomic mass is 35.5. The minimum Gasteiger partial charge on any atom is -0.317 e. The predicted octanol–water partition coefficient (Wildman–Crippen LogP) is 2.06. The molecule has 1 aliphatic rings. The Morgan fingerprint density at radius 3 is 2.64 bits per heavy atom. The number of halogens is 1. The van der Waals surface area contributed by atoms with Crippen molar-refractivity contribution < 1.29 is 0 Å². The Balaban J connectivity index is 2.27. The maximum absolute atomic E-state index is 5.82. The normalized spacial score (nSPS) is 18.8. The minimum atomic E-state index is 0.751. The van der Waals surface area contributed by atoms with Crippen molar-refractivity contribution >= 4 is 11.6 Å². The maximum atomic E-state index is 5.82. The molecule has 2 nitrogen and oxygen atoms in total. The summed E-state index contributed by atoms with van der Waals surface area (Å²) < 4.78 is 0. The Hall–Kier alpha value is -0.0500. The molecule has 14 heavy (non-hydrogen) atoms. The molecule has 1 N–H and O–H groups in total. The van der Waals surface area contributed by atoms with Crippen molar-refractivity contribution in [2.24, 2.45) is 5.92 Å². The fourth-order valence-electron chi connectivity index (χ4n) is 1.98. The van der Waals surface area contributed by atoms with Gasteiger partial charge in [-0.2, -0.15) is 0 Å². The molecule has 1 fully saturated rings. The van der Waals surface area contributed by atoms with E-state index in [1.54, 1.807) is 0 Å². The van der Waals surface area contributed by atoms with E-state index < -0.39 is 0 Å². The van der Waals surface area contributed by atoms with Gasteiger partial charge in [0.05, 0.1) is 0 Å². The molecule has 1 rings (SSSR count). The molecule has 1 saturated heterocycles. The van der Waals surface area contributed by atoms with Crippen LogP contribution in [0, 0.1) is 5.92 Å². The van der Waals surface area contributed by atoms with Gasteiger partial charge in [0, 0.05) is 18.1 Å². The summed E-state index contributed by atoms with van der Waals surface area (Å²) in [5.74, 6) is 0.840. The number of nitrogens with zero attached hydrogens (tertiary/aromatic N) is 1. The molecule has 82 valence electrons. The molecule has 0 atom stereocenters. The van der Waals surface area contributed by atoms with Crippen molar-refractivity contribution in [1.82, 2.24) is 10.2 Å². The number of piperidine rings is 1. The van der Waals surface area contributed by atoms with E-state index >= 15 is 0 Å². The van der Waals surface area contributed by atoms with Crippen molar-refractivity contribution in [3.05, 3.63) is 11.6 Å². The summed E-state index contributed by atoms with van der Waals surface area (Å²) in [6.07, 6.45) is 2.59. The monoisotopic (exact) mass is 216 g/mol. The van der Waals surface area contributed by atoms with Crippen LogP contribution in [0.3, 0.4) is 0 Å². The molecule has 0 saturated carbocycles. The second-order valence-corrected chi connectivity index (χ2v) is 4.57. The molecule has 0 bridgehead atoms. The van der Waals surface area contributed by atoms with Crippen LogP contribution in [0.15, 0.2) is 11.6 Å². The summed E-state index contributed by atoms with van der Waals surface area (Å²) in [5, 5.41) is 4.14. The van der Waals surface area contributed by atoms with Gasteiger partial charge in [0.25, 0.3) is 0 Å². The van der Waals surface area contributed by atoms with Gasteiger partial charge in [0.15, 0.2) is 0 Å². The summed E-state index contributed by atoms with van der Waals surface area (Å²) >= 11 is 5.82. The first-order chi connectivity index (χ1) is 6.72. The summed E-state index contributed by atoms with van der Waals surface area (Å²) in [4.78, 5) is 2.38. The van der Waals surface area contributed by atoms with Crippen LogP contribution < -0.4 is 5.32 Å². The second kappa shape index (κ2) is 6.44. The summed E-state index contributed by atoms with van der Waals surface area (Å²) in [6, 6.07) is 0. The van der Waals surface area contributed by atoms with E-state index in [4.69, 9.17) is 11.6 Å². The second-order valence-electron chi connectivity index (χ2n) is 4.04. The van der Waals surface area contributed by atoms with Crippen LogP contribution >= 0.6 is 11.6 Å². The van der Waals surface area contributed by atoms with Gasteiger partial charge in [0.2, 0.25) is 0 Å². The van der Waals surface area contributed by atoms with E-state index in [-0.39, 0.29) is 0 Å². The van der Waals surface area contributed by atoms with Crippen molar-refractivity contribution in [1.29, 1.82) is 0 Å². The third-order valence-electron chi connectivity index (χ3n) is 2.82. The van der Waals surface area contributed by atoms with Crippen LogP contribution in [0.1, 0.15) is 19.8 Å². The third-order valence-corrected chi connectivity index (χ3v) is 2.94. The Labute approximate surface area is 92.3 Å².